The van der Waals surface area contributed by atoms with Crippen molar-refractivity contribution in [3.8, 4) is 5.75 Å². The van der Waals surface area contributed by atoms with Crippen LogP contribution in [0.5, 0.6) is 5.75 Å². The van der Waals surface area contributed by atoms with Gasteiger partial charge in [0.25, 0.3) is 5.91 Å². The molecule has 4 aromatic rings. The number of primary amides is 1. The second kappa shape index (κ2) is 6.54. The number of aromatic nitrogens is 1. The highest BCUT2D eigenvalue weighted by molar-refractivity contribution is 6.08. The Kier molecular flexibility index (Phi) is 4.07. The maximum atomic E-state index is 11.2. The van der Waals surface area contributed by atoms with Crippen molar-refractivity contribution in [2.75, 3.05) is 0 Å². The number of carbonyl (C=O) groups excluding carboxylic acids is 1. The normalized spacial score (nSPS) is 12.3. The summed E-state index contributed by atoms with van der Waals surface area (Å²) in [5.41, 5.74) is 8.54. The maximum absolute atomic E-state index is 11.2. The van der Waals surface area contributed by atoms with Gasteiger partial charge in [0.15, 0.2) is 6.10 Å². The first-order chi connectivity index (χ1) is 12.6. The monoisotopic (exact) mass is 346 g/mol. The number of benzene rings is 3. The molecule has 1 heterocycles. The minimum Gasteiger partial charge on any atom is -0.489 e. The second-order valence-electron chi connectivity index (χ2n) is 6.22. The second-order valence-corrected chi connectivity index (χ2v) is 6.22. The fourth-order valence-electron chi connectivity index (χ4n) is 3.07. The summed E-state index contributed by atoms with van der Waals surface area (Å²) in [6.07, 6.45) is -1.31. The standard InChI is InChI=1S/C21H18N2O3/c22-21(25)20(24)14-6-8-16-17-11-15(7-9-18(17)23-19(16)10-14)26-12-13-4-2-1-3-5-13/h1-11,20,23-24H,12H2,(H2,22,25). The van der Waals surface area contributed by atoms with Gasteiger partial charge in [0.2, 0.25) is 0 Å². The fraction of sp³-hybridized carbons (Fsp3) is 0.0952. The molecule has 0 spiro atoms. The highest BCUT2D eigenvalue weighted by atomic mass is 16.5. The van der Waals surface area contributed by atoms with Crippen LogP contribution in [0, 0.1) is 0 Å². The Balaban J connectivity index is 1.66. The quantitative estimate of drug-likeness (QED) is 0.517. The van der Waals surface area contributed by atoms with Crippen LogP contribution >= 0.6 is 0 Å². The van der Waals surface area contributed by atoms with Gasteiger partial charge in [0.1, 0.15) is 12.4 Å². The average molecular weight is 346 g/mol. The molecule has 4 N–H and O–H groups in total. The van der Waals surface area contributed by atoms with E-state index >= 15 is 0 Å². The summed E-state index contributed by atoms with van der Waals surface area (Å²) in [4.78, 5) is 14.5. The third-order valence-corrected chi connectivity index (χ3v) is 4.43. The smallest absolute Gasteiger partial charge is 0.250 e. The van der Waals surface area contributed by atoms with Gasteiger partial charge >= 0.3 is 0 Å². The summed E-state index contributed by atoms with van der Waals surface area (Å²) < 4.78 is 5.90. The number of nitrogens with one attached hydrogen (secondary N) is 1. The van der Waals surface area contributed by atoms with Crippen LogP contribution in [0.3, 0.4) is 0 Å². The zero-order chi connectivity index (χ0) is 18.1. The first kappa shape index (κ1) is 16.2. The number of carbonyl (C=O) groups is 1. The number of fused-ring (bicyclic) bond motifs is 3. The molecule has 0 aliphatic heterocycles. The van der Waals surface area contributed by atoms with Gasteiger partial charge < -0.3 is 20.6 Å². The number of aromatic amines is 1. The van der Waals surface area contributed by atoms with Gasteiger partial charge in [-0.05, 0) is 35.4 Å². The zero-order valence-electron chi connectivity index (χ0n) is 14.0. The minimum absolute atomic E-state index is 0.470. The van der Waals surface area contributed by atoms with E-state index in [1.54, 1.807) is 12.1 Å². The van der Waals surface area contributed by atoms with E-state index in [9.17, 15) is 9.90 Å². The zero-order valence-corrected chi connectivity index (χ0v) is 14.0. The largest absolute Gasteiger partial charge is 0.489 e. The van der Waals surface area contributed by atoms with E-state index in [4.69, 9.17) is 10.5 Å². The predicted molar refractivity (Wildman–Crippen MR) is 101 cm³/mol. The summed E-state index contributed by atoms with van der Waals surface area (Å²) in [6.45, 7) is 0.504. The van der Waals surface area contributed by atoms with Crippen molar-refractivity contribution in [3.05, 3.63) is 77.9 Å². The van der Waals surface area contributed by atoms with Crippen molar-refractivity contribution < 1.29 is 14.6 Å². The summed E-state index contributed by atoms with van der Waals surface area (Å²) in [6, 6.07) is 21.2. The number of amides is 1. The lowest BCUT2D eigenvalue weighted by Gasteiger charge is -2.07. The number of hydrogen-bond acceptors (Lipinski definition) is 3. The summed E-state index contributed by atoms with van der Waals surface area (Å²) in [5, 5.41) is 11.9. The first-order valence-corrected chi connectivity index (χ1v) is 8.31. The lowest BCUT2D eigenvalue weighted by atomic mass is 10.1. The van der Waals surface area contributed by atoms with E-state index in [0.717, 1.165) is 33.1 Å². The lowest BCUT2D eigenvalue weighted by Crippen LogP contribution is -2.20. The molecule has 1 atom stereocenters. The van der Waals surface area contributed by atoms with Crippen LogP contribution in [0.1, 0.15) is 17.2 Å². The molecule has 0 radical (unpaired) electrons. The van der Waals surface area contributed by atoms with E-state index in [1.165, 1.54) is 0 Å². The Morgan fingerprint density at radius 2 is 1.81 bits per heavy atom. The summed E-state index contributed by atoms with van der Waals surface area (Å²) in [7, 11) is 0. The molecule has 0 saturated heterocycles. The van der Waals surface area contributed by atoms with E-state index in [1.807, 2.05) is 54.6 Å². The molecule has 5 heteroatoms. The Bertz CT molecular complexity index is 1090. The highest BCUT2D eigenvalue weighted by Crippen LogP contribution is 2.30. The molecule has 4 rings (SSSR count). The summed E-state index contributed by atoms with van der Waals surface area (Å²) in [5.74, 6) is 0.0144. The number of aliphatic hydroxyl groups is 1. The van der Waals surface area contributed by atoms with Crippen LogP contribution in [-0.4, -0.2) is 16.0 Å². The number of hydrogen-bond donors (Lipinski definition) is 3. The van der Waals surface area contributed by atoms with Crippen molar-refractivity contribution in [3.63, 3.8) is 0 Å². The van der Waals surface area contributed by atoms with Crippen molar-refractivity contribution in [2.45, 2.75) is 12.7 Å². The van der Waals surface area contributed by atoms with Gasteiger partial charge in [-0.1, -0.05) is 42.5 Å². The third kappa shape index (κ3) is 3.00. The number of aliphatic hydroxyl groups excluding tert-OH is 1. The molecule has 130 valence electrons. The Morgan fingerprint density at radius 1 is 1.00 bits per heavy atom. The highest BCUT2D eigenvalue weighted by Gasteiger charge is 2.15. The third-order valence-electron chi connectivity index (χ3n) is 4.43. The molecule has 0 aliphatic rings. The molecule has 26 heavy (non-hydrogen) atoms. The number of nitrogens with two attached hydrogens (primary N) is 1. The Labute approximate surface area is 150 Å². The molecule has 3 aromatic carbocycles. The molecule has 1 aromatic heterocycles. The predicted octanol–water partition coefficient (Wildman–Crippen LogP) is 3.42. The van der Waals surface area contributed by atoms with Gasteiger partial charge in [0.05, 0.1) is 0 Å². The van der Waals surface area contributed by atoms with E-state index < -0.39 is 12.0 Å². The maximum Gasteiger partial charge on any atom is 0.250 e. The minimum atomic E-state index is -1.31. The Morgan fingerprint density at radius 3 is 2.58 bits per heavy atom. The Hall–Kier alpha value is -3.31. The lowest BCUT2D eigenvalue weighted by molar-refractivity contribution is -0.126. The molecular formula is C21H18N2O3. The van der Waals surface area contributed by atoms with Crippen molar-refractivity contribution in [1.82, 2.24) is 4.98 Å². The van der Waals surface area contributed by atoms with Crippen molar-refractivity contribution >= 4 is 27.7 Å². The van der Waals surface area contributed by atoms with Crippen LogP contribution in [-0.2, 0) is 11.4 Å². The molecule has 5 nitrogen and oxygen atoms in total. The molecule has 1 amide bonds. The van der Waals surface area contributed by atoms with Crippen LogP contribution in [0.25, 0.3) is 21.8 Å². The molecule has 0 bridgehead atoms. The SMILES string of the molecule is NC(=O)C(O)c1ccc2c(c1)[nH]c1ccc(OCc3ccccc3)cc12. The number of H-pyrrole nitrogens is 1. The topological polar surface area (TPSA) is 88.3 Å². The average Bonchev–Trinajstić information content (AvgIpc) is 3.03. The number of rotatable bonds is 5. The van der Waals surface area contributed by atoms with Gasteiger partial charge in [0, 0.05) is 21.8 Å². The van der Waals surface area contributed by atoms with Gasteiger partial charge in [-0.2, -0.15) is 0 Å². The molecule has 0 aliphatic carbocycles. The van der Waals surface area contributed by atoms with Gasteiger partial charge in [-0.25, -0.2) is 0 Å². The summed E-state index contributed by atoms with van der Waals surface area (Å²) >= 11 is 0. The van der Waals surface area contributed by atoms with Crippen LogP contribution in [0.4, 0.5) is 0 Å². The van der Waals surface area contributed by atoms with Crippen LogP contribution in [0.15, 0.2) is 66.7 Å². The molecule has 1 unspecified atom stereocenters. The van der Waals surface area contributed by atoms with E-state index in [-0.39, 0.29) is 0 Å². The molecule has 0 fully saturated rings. The van der Waals surface area contributed by atoms with Crippen LogP contribution < -0.4 is 10.5 Å². The molecule has 0 saturated carbocycles. The fourth-order valence-corrected chi connectivity index (χ4v) is 3.07. The molecular weight excluding hydrogens is 328 g/mol. The van der Waals surface area contributed by atoms with Gasteiger partial charge in [-0.15, -0.1) is 0 Å². The van der Waals surface area contributed by atoms with Crippen molar-refractivity contribution in [2.24, 2.45) is 5.73 Å². The number of ether oxygens (including phenoxy) is 1. The van der Waals surface area contributed by atoms with Gasteiger partial charge in [-0.3, -0.25) is 4.79 Å². The van der Waals surface area contributed by atoms with E-state index in [0.29, 0.717) is 12.2 Å². The first-order valence-electron chi connectivity index (χ1n) is 8.31. The van der Waals surface area contributed by atoms with Crippen molar-refractivity contribution in [1.29, 1.82) is 0 Å². The van der Waals surface area contributed by atoms with E-state index in [2.05, 4.69) is 4.98 Å². The van der Waals surface area contributed by atoms with Crippen LogP contribution in [0.2, 0.25) is 0 Å².